The highest BCUT2D eigenvalue weighted by atomic mass is 16.3. The first-order chi connectivity index (χ1) is 12.3. The summed E-state index contributed by atoms with van der Waals surface area (Å²) in [4.78, 5) is 26.1. The number of likely N-dealkylation sites (tertiary alicyclic amines) is 1. The lowest BCUT2D eigenvalue weighted by molar-refractivity contribution is -0.173. The van der Waals surface area contributed by atoms with Gasteiger partial charge in [0.1, 0.15) is 0 Å². The zero-order valence-corrected chi connectivity index (χ0v) is 15.9. The van der Waals surface area contributed by atoms with E-state index in [0.29, 0.717) is 18.4 Å². The Morgan fingerprint density at radius 1 is 1.27 bits per heavy atom. The fourth-order valence-corrected chi connectivity index (χ4v) is 6.91. The summed E-state index contributed by atoms with van der Waals surface area (Å²) in [5.74, 6) is 0.959. The molecular weight excluding hydrogens is 330 g/mol. The van der Waals surface area contributed by atoms with Crippen molar-refractivity contribution in [2.24, 2.45) is 28.9 Å². The van der Waals surface area contributed by atoms with Gasteiger partial charge in [0.15, 0.2) is 0 Å². The molecule has 26 heavy (non-hydrogen) atoms. The van der Waals surface area contributed by atoms with Gasteiger partial charge in [-0.2, -0.15) is 0 Å². The number of hydrogen-bond donors (Lipinski definition) is 3. The van der Waals surface area contributed by atoms with Crippen LogP contribution in [0.4, 0.5) is 0 Å². The fourth-order valence-electron chi connectivity index (χ4n) is 6.91. The number of primary amides is 1. The molecule has 5 aliphatic rings. The molecule has 4 unspecified atom stereocenters. The minimum Gasteiger partial charge on any atom is -0.390 e. The maximum Gasteiger partial charge on any atom is 0.231 e. The Bertz CT molecular complexity index is 579. The standard InChI is InChI=1S/C20H33N3O3/c1-13(19-6-14-5-15(7-19)9-20(26,8-14)12-19)22-18(25)16-3-2-4-23(10-16)11-17(21)24/h13-16,26H,2-12H2,1H3,(H2,21,24)(H,22,25). The van der Waals surface area contributed by atoms with E-state index < -0.39 is 5.60 Å². The number of nitrogens with one attached hydrogen (secondary N) is 1. The lowest BCUT2D eigenvalue weighted by Gasteiger charge is -2.62. The van der Waals surface area contributed by atoms with E-state index in [1.165, 1.54) is 6.42 Å². The summed E-state index contributed by atoms with van der Waals surface area (Å²) in [7, 11) is 0. The highest BCUT2D eigenvalue weighted by molar-refractivity contribution is 5.80. The Morgan fingerprint density at radius 2 is 1.96 bits per heavy atom. The van der Waals surface area contributed by atoms with Crippen LogP contribution in [0.25, 0.3) is 0 Å². The molecule has 6 heteroatoms. The molecule has 1 aliphatic heterocycles. The second kappa shape index (κ2) is 6.48. The Hall–Kier alpha value is -1.14. The van der Waals surface area contributed by atoms with Crippen LogP contribution >= 0.6 is 0 Å². The van der Waals surface area contributed by atoms with E-state index in [4.69, 9.17) is 5.73 Å². The van der Waals surface area contributed by atoms with Crippen molar-refractivity contribution in [2.45, 2.75) is 69.9 Å². The number of piperidine rings is 1. The molecule has 0 aromatic carbocycles. The number of carbonyl (C=O) groups is 2. The summed E-state index contributed by atoms with van der Waals surface area (Å²) in [6, 6.07) is 0.0962. The molecule has 0 spiro atoms. The Kier molecular flexibility index (Phi) is 4.55. The van der Waals surface area contributed by atoms with E-state index in [1.54, 1.807) is 0 Å². The largest absolute Gasteiger partial charge is 0.390 e. The van der Waals surface area contributed by atoms with Gasteiger partial charge in [-0.1, -0.05) is 0 Å². The molecule has 4 aliphatic carbocycles. The SMILES string of the molecule is CC(NC(=O)C1CCCN(CC(N)=O)C1)C12CC3CC(CC(O)(C3)C1)C2. The third kappa shape index (κ3) is 3.38. The monoisotopic (exact) mass is 363 g/mol. The van der Waals surface area contributed by atoms with Gasteiger partial charge in [0.2, 0.25) is 11.8 Å². The highest BCUT2D eigenvalue weighted by Gasteiger charge is 2.59. The summed E-state index contributed by atoms with van der Waals surface area (Å²) < 4.78 is 0. The van der Waals surface area contributed by atoms with Crippen LogP contribution in [0.15, 0.2) is 0 Å². The van der Waals surface area contributed by atoms with Crippen molar-refractivity contribution in [3.05, 3.63) is 0 Å². The summed E-state index contributed by atoms with van der Waals surface area (Å²) >= 11 is 0. The van der Waals surface area contributed by atoms with Crippen LogP contribution in [0, 0.1) is 23.2 Å². The summed E-state index contributed by atoms with van der Waals surface area (Å²) in [6.45, 7) is 3.82. The molecule has 4 N–H and O–H groups in total. The first-order valence-electron chi connectivity index (χ1n) is 10.3. The van der Waals surface area contributed by atoms with Crippen LogP contribution in [-0.4, -0.2) is 53.1 Å². The summed E-state index contributed by atoms with van der Waals surface area (Å²) in [6.07, 6.45) is 8.10. The van der Waals surface area contributed by atoms with Gasteiger partial charge in [-0.05, 0) is 82.1 Å². The molecule has 5 fully saturated rings. The van der Waals surface area contributed by atoms with Crippen molar-refractivity contribution in [2.75, 3.05) is 19.6 Å². The van der Waals surface area contributed by atoms with Crippen LogP contribution in [0.5, 0.6) is 0 Å². The van der Waals surface area contributed by atoms with Gasteiger partial charge in [-0.3, -0.25) is 14.5 Å². The number of nitrogens with zero attached hydrogens (tertiary/aromatic N) is 1. The molecule has 6 nitrogen and oxygen atoms in total. The number of carbonyl (C=O) groups excluding carboxylic acids is 2. The molecule has 2 amide bonds. The van der Waals surface area contributed by atoms with E-state index in [0.717, 1.165) is 51.5 Å². The van der Waals surface area contributed by atoms with Gasteiger partial charge in [0.05, 0.1) is 18.1 Å². The number of rotatable bonds is 5. The van der Waals surface area contributed by atoms with Crippen molar-refractivity contribution in [3.8, 4) is 0 Å². The fraction of sp³-hybridized carbons (Fsp3) is 0.900. The zero-order valence-electron chi connectivity index (χ0n) is 15.9. The van der Waals surface area contributed by atoms with Crippen molar-refractivity contribution in [3.63, 3.8) is 0 Å². The maximum absolute atomic E-state index is 12.9. The van der Waals surface area contributed by atoms with E-state index >= 15 is 0 Å². The molecule has 5 rings (SSSR count). The van der Waals surface area contributed by atoms with Gasteiger partial charge >= 0.3 is 0 Å². The Balaban J connectivity index is 1.39. The van der Waals surface area contributed by atoms with Crippen molar-refractivity contribution < 1.29 is 14.7 Å². The van der Waals surface area contributed by atoms with E-state index in [9.17, 15) is 14.7 Å². The van der Waals surface area contributed by atoms with Gasteiger partial charge in [-0.15, -0.1) is 0 Å². The smallest absolute Gasteiger partial charge is 0.231 e. The van der Waals surface area contributed by atoms with Crippen LogP contribution in [0.1, 0.15) is 58.3 Å². The van der Waals surface area contributed by atoms with Crippen LogP contribution in [0.3, 0.4) is 0 Å². The molecule has 146 valence electrons. The van der Waals surface area contributed by atoms with Gasteiger partial charge < -0.3 is 16.2 Å². The highest BCUT2D eigenvalue weighted by Crippen LogP contribution is 2.62. The molecule has 4 atom stereocenters. The number of hydrogen-bond acceptors (Lipinski definition) is 4. The average molecular weight is 364 g/mol. The molecular formula is C20H33N3O3. The van der Waals surface area contributed by atoms with Crippen molar-refractivity contribution in [1.29, 1.82) is 0 Å². The first kappa shape index (κ1) is 18.2. The lowest BCUT2D eigenvalue weighted by atomic mass is 9.46. The maximum atomic E-state index is 12.9. The second-order valence-electron chi connectivity index (χ2n) is 9.82. The molecule has 4 saturated carbocycles. The summed E-state index contributed by atoms with van der Waals surface area (Å²) in [5.41, 5.74) is 4.87. The van der Waals surface area contributed by atoms with Crippen LogP contribution in [-0.2, 0) is 9.59 Å². The zero-order chi connectivity index (χ0) is 18.5. The predicted molar refractivity (Wildman–Crippen MR) is 98.0 cm³/mol. The third-order valence-electron chi connectivity index (χ3n) is 7.61. The predicted octanol–water partition coefficient (Wildman–Crippen LogP) is 1.02. The number of amides is 2. The number of nitrogens with two attached hydrogens (primary N) is 1. The molecule has 0 aromatic heterocycles. The minimum atomic E-state index is -0.494. The van der Waals surface area contributed by atoms with Gasteiger partial charge in [0, 0.05) is 12.6 Å². The van der Waals surface area contributed by atoms with Crippen molar-refractivity contribution in [1.82, 2.24) is 10.2 Å². The van der Waals surface area contributed by atoms with Gasteiger partial charge in [0.25, 0.3) is 0 Å². The quantitative estimate of drug-likeness (QED) is 0.679. The van der Waals surface area contributed by atoms with E-state index in [2.05, 4.69) is 12.2 Å². The van der Waals surface area contributed by atoms with E-state index in [-0.39, 0.29) is 35.7 Å². The number of aliphatic hydroxyl groups is 1. The lowest BCUT2D eigenvalue weighted by Crippen LogP contribution is -2.62. The Labute approximate surface area is 155 Å². The third-order valence-corrected chi connectivity index (χ3v) is 7.61. The second-order valence-corrected chi connectivity index (χ2v) is 9.82. The normalized spacial score (nSPS) is 43.2. The van der Waals surface area contributed by atoms with Crippen molar-refractivity contribution >= 4 is 11.8 Å². The summed E-state index contributed by atoms with van der Waals surface area (Å²) in [5, 5.41) is 14.3. The molecule has 1 heterocycles. The average Bonchev–Trinajstić information content (AvgIpc) is 2.52. The molecule has 0 radical (unpaired) electrons. The van der Waals surface area contributed by atoms with Crippen LogP contribution < -0.4 is 11.1 Å². The molecule has 4 bridgehead atoms. The Morgan fingerprint density at radius 3 is 2.58 bits per heavy atom. The topological polar surface area (TPSA) is 95.7 Å². The van der Waals surface area contributed by atoms with Crippen LogP contribution in [0.2, 0.25) is 0 Å². The van der Waals surface area contributed by atoms with E-state index in [1.807, 2.05) is 4.90 Å². The molecule has 0 aromatic rings. The first-order valence-corrected chi connectivity index (χ1v) is 10.3. The minimum absolute atomic E-state index is 0.0655. The molecule has 1 saturated heterocycles. The van der Waals surface area contributed by atoms with Gasteiger partial charge in [-0.25, -0.2) is 0 Å².